The largest absolute Gasteiger partial charge is 0.481 e. The van der Waals surface area contributed by atoms with Gasteiger partial charge < -0.3 is 4.74 Å². The second kappa shape index (κ2) is 4.40. The molecule has 0 aliphatic rings. The maximum Gasteiger partial charge on any atom is 0.221 e. The van der Waals surface area contributed by atoms with Crippen LogP contribution in [0.1, 0.15) is 20.9 Å². The number of aryl methyl sites for hydroxylation is 1. The van der Waals surface area contributed by atoms with E-state index in [-0.39, 0.29) is 5.78 Å². The molecule has 2 aromatic rings. The summed E-state index contributed by atoms with van der Waals surface area (Å²) in [4.78, 5) is 20.6. The predicted molar refractivity (Wildman–Crippen MR) is 61.1 cm³/mol. The summed E-state index contributed by atoms with van der Waals surface area (Å²) in [5.74, 6) is 0.306. The van der Waals surface area contributed by atoms with Crippen LogP contribution in [0.3, 0.4) is 0 Å². The summed E-state index contributed by atoms with van der Waals surface area (Å²) >= 11 is 1.42. The summed E-state index contributed by atoms with van der Waals surface area (Å²) in [7, 11) is 1.51. The molecule has 0 N–H and O–H groups in total. The van der Waals surface area contributed by atoms with Crippen LogP contribution in [0.15, 0.2) is 23.8 Å². The Morgan fingerprint density at radius 3 is 2.88 bits per heavy atom. The maximum atomic E-state index is 12.1. The van der Waals surface area contributed by atoms with E-state index < -0.39 is 0 Å². The van der Waals surface area contributed by atoms with E-state index in [4.69, 9.17) is 4.74 Å². The Morgan fingerprint density at radius 1 is 1.44 bits per heavy atom. The molecule has 0 amide bonds. The number of rotatable bonds is 3. The van der Waals surface area contributed by atoms with Crippen LogP contribution in [0.2, 0.25) is 0 Å². The number of hydrogen-bond donors (Lipinski definition) is 0. The van der Waals surface area contributed by atoms with Crippen molar-refractivity contribution < 1.29 is 9.53 Å². The summed E-state index contributed by atoms with van der Waals surface area (Å²) in [6.45, 7) is 1.90. The number of carbonyl (C=O) groups is 1. The van der Waals surface area contributed by atoms with Gasteiger partial charge in [0.15, 0.2) is 0 Å². The highest BCUT2D eigenvalue weighted by atomic mass is 32.1. The van der Waals surface area contributed by atoms with Gasteiger partial charge in [0, 0.05) is 6.07 Å². The van der Waals surface area contributed by atoms with E-state index in [2.05, 4.69) is 9.97 Å². The van der Waals surface area contributed by atoms with Crippen LogP contribution in [0, 0.1) is 6.92 Å². The van der Waals surface area contributed by atoms with E-state index in [1.807, 2.05) is 18.4 Å². The summed E-state index contributed by atoms with van der Waals surface area (Å²) in [5.41, 5.74) is 1.32. The van der Waals surface area contributed by atoms with Gasteiger partial charge in [-0.2, -0.15) is 0 Å². The molecule has 0 aromatic carbocycles. The van der Waals surface area contributed by atoms with Crippen molar-refractivity contribution in [3.8, 4) is 5.88 Å². The summed E-state index contributed by atoms with van der Waals surface area (Å²) in [6.07, 6.45) is 1.33. The number of methoxy groups -OCH3 is 1. The molecule has 2 aromatic heterocycles. The zero-order valence-electron chi connectivity index (χ0n) is 8.93. The van der Waals surface area contributed by atoms with Crippen molar-refractivity contribution in [3.63, 3.8) is 0 Å². The fourth-order valence-corrected chi connectivity index (χ4v) is 2.17. The number of carbonyl (C=O) groups excluding carboxylic acids is 1. The van der Waals surface area contributed by atoms with Gasteiger partial charge in [-0.3, -0.25) is 4.79 Å². The smallest absolute Gasteiger partial charge is 0.221 e. The Labute approximate surface area is 96.9 Å². The van der Waals surface area contributed by atoms with E-state index in [1.54, 1.807) is 6.07 Å². The molecule has 0 spiro atoms. The third kappa shape index (κ3) is 1.94. The van der Waals surface area contributed by atoms with Crippen LogP contribution in [0.25, 0.3) is 0 Å². The molecule has 0 aliphatic carbocycles. The zero-order chi connectivity index (χ0) is 11.5. The van der Waals surface area contributed by atoms with Crippen molar-refractivity contribution in [2.24, 2.45) is 0 Å². The minimum atomic E-state index is -0.0896. The van der Waals surface area contributed by atoms with Crippen molar-refractivity contribution in [3.05, 3.63) is 40.0 Å². The van der Waals surface area contributed by atoms with E-state index in [9.17, 15) is 4.79 Å². The number of thiophene rings is 1. The van der Waals surface area contributed by atoms with E-state index >= 15 is 0 Å². The number of aromatic nitrogens is 2. The quantitative estimate of drug-likeness (QED) is 0.763. The minimum Gasteiger partial charge on any atom is -0.481 e. The normalized spacial score (nSPS) is 10.1. The fourth-order valence-electron chi connectivity index (χ4n) is 1.30. The van der Waals surface area contributed by atoms with Gasteiger partial charge in [0.1, 0.15) is 12.0 Å². The molecule has 0 bridgehead atoms. The Balaban J connectivity index is 2.38. The van der Waals surface area contributed by atoms with Crippen LogP contribution in [-0.2, 0) is 0 Å². The molecule has 0 aliphatic heterocycles. The van der Waals surface area contributed by atoms with Crippen LogP contribution in [-0.4, -0.2) is 22.9 Å². The molecule has 5 heteroatoms. The van der Waals surface area contributed by atoms with Gasteiger partial charge >= 0.3 is 0 Å². The minimum absolute atomic E-state index is 0.0896. The SMILES string of the molecule is COc1cc(C(=O)c2sccc2C)ncn1. The van der Waals surface area contributed by atoms with E-state index in [1.165, 1.54) is 24.8 Å². The Hall–Kier alpha value is -1.75. The Morgan fingerprint density at radius 2 is 2.25 bits per heavy atom. The molecule has 0 atom stereocenters. The number of ether oxygens (including phenoxy) is 1. The van der Waals surface area contributed by atoms with Gasteiger partial charge in [-0.05, 0) is 23.9 Å². The molecule has 16 heavy (non-hydrogen) atoms. The maximum absolute atomic E-state index is 12.1. The lowest BCUT2D eigenvalue weighted by Gasteiger charge is -2.01. The first-order valence-electron chi connectivity index (χ1n) is 4.67. The second-order valence-electron chi connectivity index (χ2n) is 3.21. The lowest BCUT2D eigenvalue weighted by Crippen LogP contribution is -2.04. The molecule has 2 heterocycles. The standard InChI is InChI=1S/C11H10N2O2S/c1-7-3-4-16-11(7)10(14)8-5-9(15-2)13-6-12-8/h3-6H,1-2H3. The molecule has 0 unspecified atom stereocenters. The average Bonchev–Trinajstić information content (AvgIpc) is 2.74. The molecule has 0 fully saturated rings. The first-order valence-corrected chi connectivity index (χ1v) is 5.55. The van der Waals surface area contributed by atoms with Crippen molar-refractivity contribution in [1.29, 1.82) is 0 Å². The topological polar surface area (TPSA) is 52.1 Å². The molecule has 4 nitrogen and oxygen atoms in total. The fraction of sp³-hybridized carbons (Fsp3) is 0.182. The van der Waals surface area contributed by atoms with Crippen molar-refractivity contribution >= 4 is 17.1 Å². The van der Waals surface area contributed by atoms with Crippen molar-refractivity contribution in [1.82, 2.24) is 9.97 Å². The third-order valence-electron chi connectivity index (χ3n) is 2.15. The van der Waals surface area contributed by atoms with Gasteiger partial charge in [0.25, 0.3) is 0 Å². The zero-order valence-corrected chi connectivity index (χ0v) is 9.75. The third-order valence-corrected chi connectivity index (χ3v) is 3.17. The van der Waals surface area contributed by atoms with Crippen LogP contribution >= 0.6 is 11.3 Å². The molecule has 82 valence electrons. The highest BCUT2D eigenvalue weighted by Gasteiger charge is 2.15. The molecule has 0 saturated heterocycles. The van der Waals surface area contributed by atoms with Gasteiger partial charge in [-0.1, -0.05) is 0 Å². The number of nitrogens with zero attached hydrogens (tertiary/aromatic N) is 2. The lowest BCUT2D eigenvalue weighted by molar-refractivity contribution is 0.103. The lowest BCUT2D eigenvalue weighted by atomic mass is 10.2. The first-order chi connectivity index (χ1) is 7.72. The summed E-state index contributed by atoms with van der Waals surface area (Å²) in [5, 5.41) is 1.89. The number of hydrogen-bond acceptors (Lipinski definition) is 5. The first kappa shape index (κ1) is 10.8. The highest BCUT2D eigenvalue weighted by molar-refractivity contribution is 7.12. The van der Waals surface area contributed by atoms with Gasteiger partial charge in [0.2, 0.25) is 11.7 Å². The highest BCUT2D eigenvalue weighted by Crippen LogP contribution is 2.19. The van der Waals surface area contributed by atoms with Gasteiger partial charge in [0.05, 0.1) is 12.0 Å². The van der Waals surface area contributed by atoms with Crippen molar-refractivity contribution in [2.45, 2.75) is 6.92 Å². The van der Waals surface area contributed by atoms with Crippen molar-refractivity contribution in [2.75, 3.05) is 7.11 Å². The number of ketones is 1. The van der Waals surface area contributed by atoms with Crippen LogP contribution in [0.4, 0.5) is 0 Å². The van der Waals surface area contributed by atoms with E-state index in [0.717, 1.165) is 5.56 Å². The second-order valence-corrected chi connectivity index (χ2v) is 4.12. The molecular formula is C11H10N2O2S. The molecular weight excluding hydrogens is 224 g/mol. The molecule has 0 radical (unpaired) electrons. The van der Waals surface area contributed by atoms with Crippen LogP contribution in [0.5, 0.6) is 5.88 Å². The Bertz CT molecular complexity index is 522. The van der Waals surface area contributed by atoms with Gasteiger partial charge in [-0.15, -0.1) is 11.3 Å². The average molecular weight is 234 g/mol. The molecule has 2 rings (SSSR count). The summed E-state index contributed by atoms with van der Waals surface area (Å²) in [6, 6.07) is 3.46. The van der Waals surface area contributed by atoms with E-state index in [0.29, 0.717) is 16.5 Å². The summed E-state index contributed by atoms with van der Waals surface area (Å²) < 4.78 is 4.95. The van der Waals surface area contributed by atoms with Crippen LogP contribution < -0.4 is 4.74 Å². The monoisotopic (exact) mass is 234 g/mol. The Kier molecular flexibility index (Phi) is 2.96. The predicted octanol–water partition coefficient (Wildman–Crippen LogP) is 2.09. The van der Waals surface area contributed by atoms with Gasteiger partial charge in [-0.25, -0.2) is 9.97 Å². The molecule has 0 saturated carbocycles.